The van der Waals surface area contributed by atoms with Crippen molar-refractivity contribution >= 4 is 21.9 Å². The normalized spacial score (nSPS) is 14.4. The highest BCUT2D eigenvalue weighted by molar-refractivity contribution is 6.01. The summed E-state index contributed by atoms with van der Waals surface area (Å²) in [6, 6.07) is 8.13. The largest absolute Gasteiger partial charge is 0.479 e. The number of rotatable bonds is 2. The van der Waals surface area contributed by atoms with Gasteiger partial charge in [-0.1, -0.05) is 18.2 Å². The molecule has 1 aromatic carbocycles. The fraction of sp³-hybridized carbons (Fsp3) is 0.143. The lowest BCUT2D eigenvalue weighted by molar-refractivity contribution is 0.149. The number of ether oxygens (including phenoxy) is 1. The molecule has 5 nitrogen and oxygen atoms in total. The molecule has 0 saturated carbocycles. The fourth-order valence-corrected chi connectivity index (χ4v) is 2.40. The Bertz CT molecular complexity index is 777. The van der Waals surface area contributed by atoms with Crippen LogP contribution in [0.2, 0.25) is 0 Å². The van der Waals surface area contributed by atoms with Crippen LogP contribution in [0.15, 0.2) is 49.3 Å². The summed E-state index contributed by atoms with van der Waals surface area (Å²) in [7, 11) is 0. The third-order valence-electron chi connectivity index (χ3n) is 3.29. The number of aromatic nitrogens is 3. The summed E-state index contributed by atoms with van der Waals surface area (Å²) in [6.45, 7) is 1.31. The summed E-state index contributed by atoms with van der Waals surface area (Å²) < 4.78 is 7.33. The Morgan fingerprint density at radius 1 is 1.16 bits per heavy atom. The van der Waals surface area contributed by atoms with E-state index in [1.54, 1.807) is 6.26 Å². The molecule has 4 rings (SSSR count). The van der Waals surface area contributed by atoms with Crippen molar-refractivity contribution in [2.75, 3.05) is 6.73 Å². The standard InChI is InChI=1S/C14H12N4O/c1-2-4-12-11(3-1)14-13(7-15-12)16-8-18(14)9-17-5-6-19-10-17/h1-8H,9-10H2. The highest BCUT2D eigenvalue weighted by atomic mass is 16.5. The van der Waals surface area contributed by atoms with E-state index in [2.05, 4.69) is 25.5 Å². The molecule has 19 heavy (non-hydrogen) atoms. The van der Waals surface area contributed by atoms with Gasteiger partial charge in [0.15, 0.2) is 6.73 Å². The van der Waals surface area contributed by atoms with Crippen molar-refractivity contribution in [2.24, 2.45) is 0 Å². The van der Waals surface area contributed by atoms with Gasteiger partial charge in [-0.05, 0) is 6.07 Å². The van der Waals surface area contributed by atoms with Crippen molar-refractivity contribution < 1.29 is 4.74 Å². The molecule has 5 heteroatoms. The van der Waals surface area contributed by atoms with E-state index in [-0.39, 0.29) is 0 Å². The van der Waals surface area contributed by atoms with Gasteiger partial charge < -0.3 is 14.2 Å². The second-order valence-corrected chi connectivity index (χ2v) is 4.53. The first-order valence-corrected chi connectivity index (χ1v) is 6.13. The molecule has 3 heterocycles. The van der Waals surface area contributed by atoms with Crippen LogP contribution in [-0.4, -0.2) is 26.2 Å². The Morgan fingerprint density at radius 2 is 2.11 bits per heavy atom. The molecule has 0 atom stereocenters. The van der Waals surface area contributed by atoms with Crippen LogP contribution in [0.1, 0.15) is 0 Å². The number of pyridine rings is 1. The Morgan fingerprint density at radius 3 is 3.00 bits per heavy atom. The van der Waals surface area contributed by atoms with Crippen LogP contribution in [0.25, 0.3) is 21.9 Å². The maximum Gasteiger partial charge on any atom is 0.161 e. The predicted octanol–water partition coefficient (Wildman–Crippen LogP) is 2.30. The van der Waals surface area contributed by atoms with Gasteiger partial charge in [0.25, 0.3) is 0 Å². The Kier molecular flexibility index (Phi) is 2.17. The van der Waals surface area contributed by atoms with Gasteiger partial charge in [-0.15, -0.1) is 0 Å². The van der Waals surface area contributed by atoms with Gasteiger partial charge in [0.05, 0.1) is 30.2 Å². The smallest absolute Gasteiger partial charge is 0.161 e. The van der Waals surface area contributed by atoms with Crippen LogP contribution in [0.5, 0.6) is 0 Å². The maximum atomic E-state index is 5.20. The van der Waals surface area contributed by atoms with Crippen LogP contribution in [0.3, 0.4) is 0 Å². The van der Waals surface area contributed by atoms with Gasteiger partial charge in [-0.3, -0.25) is 4.98 Å². The zero-order chi connectivity index (χ0) is 12.7. The van der Waals surface area contributed by atoms with Gasteiger partial charge in [0, 0.05) is 11.6 Å². The lowest BCUT2D eigenvalue weighted by Crippen LogP contribution is -2.18. The monoisotopic (exact) mass is 252 g/mol. The minimum atomic E-state index is 0.586. The summed E-state index contributed by atoms with van der Waals surface area (Å²) in [5.74, 6) is 0. The molecule has 0 saturated heterocycles. The Hall–Kier alpha value is -2.56. The van der Waals surface area contributed by atoms with E-state index in [1.165, 1.54) is 0 Å². The third kappa shape index (κ3) is 1.62. The van der Waals surface area contributed by atoms with Crippen molar-refractivity contribution in [1.29, 1.82) is 0 Å². The predicted molar refractivity (Wildman–Crippen MR) is 72.0 cm³/mol. The van der Waals surface area contributed by atoms with E-state index in [4.69, 9.17) is 4.74 Å². The van der Waals surface area contributed by atoms with Crippen molar-refractivity contribution in [3.63, 3.8) is 0 Å². The molecule has 0 radical (unpaired) electrons. The number of hydrogen-bond acceptors (Lipinski definition) is 4. The summed E-state index contributed by atoms with van der Waals surface area (Å²) >= 11 is 0. The molecule has 0 fully saturated rings. The van der Waals surface area contributed by atoms with Crippen LogP contribution in [0, 0.1) is 0 Å². The molecular formula is C14H12N4O. The molecule has 94 valence electrons. The van der Waals surface area contributed by atoms with E-state index >= 15 is 0 Å². The maximum absolute atomic E-state index is 5.20. The quantitative estimate of drug-likeness (QED) is 0.702. The second-order valence-electron chi connectivity index (χ2n) is 4.53. The topological polar surface area (TPSA) is 43.2 Å². The van der Waals surface area contributed by atoms with Crippen LogP contribution in [0.4, 0.5) is 0 Å². The molecule has 1 aliphatic heterocycles. The SMILES string of the molecule is C1=CN(Cn2cnc3cnc4ccccc4c32)CO1. The fourth-order valence-electron chi connectivity index (χ4n) is 2.40. The van der Waals surface area contributed by atoms with Gasteiger partial charge in [-0.2, -0.15) is 0 Å². The number of para-hydroxylation sites is 1. The number of nitrogens with zero attached hydrogens (tertiary/aromatic N) is 4. The van der Waals surface area contributed by atoms with Crippen molar-refractivity contribution in [3.05, 3.63) is 49.3 Å². The highest BCUT2D eigenvalue weighted by Crippen LogP contribution is 2.23. The minimum Gasteiger partial charge on any atom is -0.479 e. The van der Waals surface area contributed by atoms with Crippen LogP contribution >= 0.6 is 0 Å². The van der Waals surface area contributed by atoms with Crippen molar-refractivity contribution in [1.82, 2.24) is 19.4 Å². The number of fused-ring (bicyclic) bond motifs is 3. The van der Waals surface area contributed by atoms with Crippen molar-refractivity contribution in [2.45, 2.75) is 6.67 Å². The average molecular weight is 252 g/mol. The Balaban J connectivity index is 1.90. The molecule has 2 aromatic heterocycles. The molecule has 0 amide bonds. The van der Waals surface area contributed by atoms with Gasteiger partial charge >= 0.3 is 0 Å². The average Bonchev–Trinajstić information content (AvgIpc) is 3.09. The summed E-state index contributed by atoms with van der Waals surface area (Å²) in [5, 5.41) is 1.13. The molecule has 0 aliphatic carbocycles. The zero-order valence-corrected chi connectivity index (χ0v) is 10.2. The van der Waals surface area contributed by atoms with Crippen LogP contribution in [-0.2, 0) is 11.4 Å². The van der Waals surface area contributed by atoms with Crippen molar-refractivity contribution in [3.8, 4) is 0 Å². The molecule has 1 aliphatic rings. The summed E-state index contributed by atoms with van der Waals surface area (Å²) in [6.07, 6.45) is 7.32. The highest BCUT2D eigenvalue weighted by Gasteiger charge is 2.11. The number of imidazole rings is 1. The first-order valence-electron chi connectivity index (χ1n) is 6.13. The van der Waals surface area contributed by atoms with Gasteiger partial charge in [-0.25, -0.2) is 4.98 Å². The molecule has 0 unspecified atom stereocenters. The zero-order valence-electron chi connectivity index (χ0n) is 10.2. The summed E-state index contributed by atoms with van der Waals surface area (Å²) in [4.78, 5) is 10.9. The Labute approximate surface area is 109 Å². The first-order chi connectivity index (χ1) is 9.42. The van der Waals surface area contributed by atoms with E-state index in [0.717, 1.165) is 28.6 Å². The van der Waals surface area contributed by atoms with Crippen LogP contribution < -0.4 is 0 Å². The third-order valence-corrected chi connectivity index (χ3v) is 3.29. The first kappa shape index (κ1) is 10.4. The second kappa shape index (κ2) is 3.98. The lowest BCUT2D eigenvalue weighted by atomic mass is 10.2. The van der Waals surface area contributed by atoms with Gasteiger partial charge in [0.1, 0.15) is 11.8 Å². The molecule has 0 spiro atoms. The van der Waals surface area contributed by atoms with E-state index in [9.17, 15) is 0 Å². The van der Waals surface area contributed by atoms with E-state index in [1.807, 2.05) is 36.9 Å². The van der Waals surface area contributed by atoms with E-state index < -0.39 is 0 Å². The number of hydrogen-bond donors (Lipinski definition) is 0. The minimum absolute atomic E-state index is 0.586. The van der Waals surface area contributed by atoms with Gasteiger partial charge in [0.2, 0.25) is 0 Å². The number of benzene rings is 1. The molecule has 0 bridgehead atoms. The van der Waals surface area contributed by atoms with E-state index in [0.29, 0.717) is 6.73 Å². The summed E-state index contributed by atoms with van der Waals surface area (Å²) in [5.41, 5.74) is 3.03. The molecule has 0 N–H and O–H groups in total. The molecular weight excluding hydrogens is 240 g/mol. The molecule has 3 aromatic rings. The lowest BCUT2D eigenvalue weighted by Gasteiger charge is -2.15.